The van der Waals surface area contributed by atoms with E-state index in [0.29, 0.717) is 12.2 Å². The fourth-order valence-electron chi connectivity index (χ4n) is 3.55. The molecule has 0 spiro atoms. The third-order valence-electron chi connectivity index (χ3n) is 5.08. The van der Waals surface area contributed by atoms with Gasteiger partial charge in [0.15, 0.2) is 0 Å². The van der Waals surface area contributed by atoms with Crippen LogP contribution in [0.15, 0.2) is 76.4 Å². The Morgan fingerprint density at radius 2 is 2.00 bits per heavy atom. The third kappa shape index (κ3) is 4.26. The van der Waals surface area contributed by atoms with Crippen LogP contribution in [0.4, 0.5) is 5.69 Å². The van der Waals surface area contributed by atoms with E-state index in [-0.39, 0.29) is 6.04 Å². The molecule has 2 unspecified atom stereocenters. The lowest BCUT2D eigenvalue weighted by Gasteiger charge is -2.22. The summed E-state index contributed by atoms with van der Waals surface area (Å²) in [4.78, 5) is 0. The van der Waals surface area contributed by atoms with Crippen LogP contribution in [0, 0.1) is 6.92 Å². The number of nitrogens with zero attached hydrogens (tertiary/aromatic N) is 3. The van der Waals surface area contributed by atoms with Crippen molar-refractivity contribution in [3.05, 3.63) is 89.4 Å². The van der Waals surface area contributed by atoms with Crippen LogP contribution in [0.1, 0.15) is 34.9 Å². The second-order valence-electron chi connectivity index (χ2n) is 7.13. The van der Waals surface area contributed by atoms with Crippen LogP contribution in [0.3, 0.4) is 0 Å². The third-order valence-corrected chi connectivity index (χ3v) is 5.74. The lowest BCUT2D eigenvalue weighted by atomic mass is 10.0. The maximum Gasteiger partial charge on any atom is 0.128 e. The molecule has 2 aromatic carbocycles. The molecule has 3 aromatic rings. The van der Waals surface area contributed by atoms with Crippen LogP contribution in [0.5, 0.6) is 0 Å². The van der Waals surface area contributed by atoms with Gasteiger partial charge in [0.1, 0.15) is 11.8 Å². The first-order valence-corrected chi connectivity index (χ1v) is 10.4. The largest absolute Gasteiger partial charge is 0.755 e. The van der Waals surface area contributed by atoms with E-state index < -0.39 is 11.3 Å². The average molecular weight is 409 g/mol. The molecule has 1 aromatic heterocycles. The molecule has 29 heavy (non-hydrogen) atoms. The van der Waals surface area contributed by atoms with Crippen LogP contribution in [0.2, 0.25) is 0 Å². The minimum atomic E-state index is -2.29. The number of furan rings is 1. The molecule has 4 rings (SSSR count). The highest BCUT2D eigenvalue weighted by Crippen LogP contribution is 2.34. The molecule has 7 heteroatoms. The van der Waals surface area contributed by atoms with Crippen LogP contribution < -0.4 is 4.31 Å². The molecule has 1 aliphatic heterocycles. The average Bonchev–Trinajstić information content (AvgIpc) is 3.37. The summed E-state index contributed by atoms with van der Waals surface area (Å²) in [5.41, 5.74) is 4.95. The van der Waals surface area contributed by atoms with E-state index in [0.717, 1.165) is 23.5 Å². The molecule has 0 radical (unpaired) electrons. The van der Waals surface area contributed by atoms with Crippen LogP contribution in [-0.4, -0.2) is 26.5 Å². The Balaban J connectivity index is 1.61. The Bertz CT molecular complexity index is 1030. The van der Waals surface area contributed by atoms with E-state index in [1.807, 2.05) is 24.3 Å². The predicted molar refractivity (Wildman–Crippen MR) is 113 cm³/mol. The van der Waals surface area contributed by atoms with Gasteiger partial charge in [-0.2, -0.15) is 5.10 Å². The second-order valence-corrected chi connectivity index (χ2v) is 8.11. The number of hydrogen-bond acceptors (Lipinski definition) is 5. The summed E-state index contributed by atoms with van der Waals surface area (Å²) in [5, 5.41) is 6.95. The van der Waals surface area contributed by atoms with E-state index in [2.05, 4.69) is 36.2 Å². The molecule has 150 valence electrons. The number of aryl methyl sites for hydroxylation is 1. The Kier molecular flexibility index (Phi) is 5.51. The van der Waals surface area contributed by atoms with Crippen LogP contribution in [-0.2, 0) is 17.8 Å². The van der Waals surface area contributed by atoms with E-state index in [1.165, 1.54) is 22.5 Å². The first-order valence-electron chi connectivity index (χ1n) is 9.38. The SMILES string of the molecule is Cc1cccc(CN2N=C(c3ccc(N(C)S(=O)[O-])cc3)CC2c2ccco2)c1. The number of anilines is 1. The van der Waals surface area contributed by atoms with Gasteiger partial charge >= 0.3 is 0 Å². The Morgan fingerprint density at radius 1 is 1.21 bits per heavy atom. The van der Waals surface area contributed by atoms with Crippen molar-refractivity contribution in [2.75, 3.05) is 11.4 Å². The van der Waals surface area contributed by atoms with Crippen molar-refractivity contribution in [2.24, 2.45) is 5.10 Å². The number of hydrazone groups is 1. The van der Waals surface area contributed by atoms with Crippen LogP contribution >= 0.6 is 0 Å². The summed E-state index contributed by atoms with van der Waals surface area (Å²) in [7, 11) is 1.52. The van der Waals surface area contributed by atoms with Gasteiger partial charge < -0.3 is 13.3 Å². The molecular weight excluding hydrogens is 386 g/mol. The van der Waals surface area contributed by atoms with Crippen molar-refractivity contribution in [3.63, 3.8) is 0 Å². The Morgan fingerprint density at radius 3 is 2.66 bits per heavy atom. The lowest BCUT2D eigenvalue weighted by molar-refractivity contribution is 0.199. The zero-order chi connectivity index (χ0) is 20.4. The molecule has 0 aliphatic carbocycles. The van der Waals surface area contributed by atoms with Gasteiger partial charge in [-0.05, 0) is 42.3 Å². The first-order chi connectivity index (χ1) is 14.0. The molecule has 0 fully saturated rings. The number of hydrogen-bond donors (Lipinski definition) is 0. The van der Waals surface area contributed by atoms with Crippen LogP contribution in [0.25, 0.3) is 0 Å². The fourth-order valence-corrected chi connectivity index (χ4v) is 3.84. The second kappa shape index (κ2) is 8.23. The van der Waals surface area contributed by atoms with Gasteiger partial charge in [0, 0.05) is 30.4 Å². The summed E-state index contributed by atoms with van der Waals surface area (Å²) in [6, 6.07) is 19.7. The van der Waals surface area contributed by atoms with Crippen molar-refractivity contribution in [1.29, 1.82) is 0 Å². The van der Waals surface area contributed by atoms with Gasteiger partial charge in [-0.15, -0.1) is 0 Å². The highest BCUT2D eigenvalue weighted by Gasteiger charge is 2.30. The summed E-state index contributed by atoms with van der Waals surface area (Å²) in [6.45, 7) is 2.77. The summed E-state index contributed by atoms with van der Waals surface area (Å²) in [6.07, 6.45) is 2.41. The molecule has 0 bridgehead atoms. The minimum absolute atomic E-state index is 0.0250. The van der Waals surface area contributed by atoms with Crippen molar-refractivity contribution < 1.29 is 13.2 Å². The first kappa shape index (κ1) is 19.4. The highest BCUT2D eigenvalue weighted by molar-refractivity contribution is 7.80. The van der Waals surface area contributed by atoms with E-state index in [9.17, 15) is 8.76 Å². The van der Waals surface area contributed by atoms with Gasteiger partial charge in [0.25, 0.3) is 0 Å². The van der Waals surface area contributed by atoms with Gasteiger partial charge in [0.05, 0.1) is 18.5 Å². The van der Waals surface area contributed by atoms with Crippen molar-refractivity contribution in [3.8, 4) is 0 Å². The van der Waals surface area contributed by atoms with Crippen molar-refractivity contribution in [2.45, 2.75) is 25.9 Å². The van der Waals surface area contributed by atoms with E-state index in [1.54, 1.807) is 18.4 Å². The summed E-state index contributed by atoms with van der Waals surface area (Å²) < 4.78 is 29.2. The van der Waals surface area contributed by atoms with Gasteiger partial charge in [-0.1, -0.05) is 42.0 Å². The zero-order valence-electron chi connectivity index (χ0n) is 16.3. The maximum atomic E-state index is 11.1. The molecule has 0 saturated heterocycles. The minimum Gasteiger partial charge on any atom is -0.755 e. The summed E-state index contributed by atoms with van der Waals surface area (Å²) in [5.74, 6) is 0.884. The molecule has 0 N–H and O–H groups in total. The predicted octanol–water partition coefficient (Wildman–Crippen LogP) is 4.17. The zero-order valence-corrected chi connectivity index (χ0v) is 17.1. The topological polar surface area (TPSA) is 72.1 Å². The highest BCUT2D eigenvalue weighted by atomic mass is 32.2. The van der Waals surface area contributed by atoms with Gasteiger partial charge in [-0.3, -0.25) is 9.22 Å². The molecule has 1 aliphatic rings. The number of rotatable bonds is 6. The van der Waals surface area contributed by atoms with Gasteiger partial charge in [-0.25, -0.2) is 0 Å². The standard InChI is InChI=1S/C22H23N3O3S/c1-16-5-3-6-17(13-16)15-25-21(22-7-4-12-28-22)14-20(23-25)18-8-10-19(11-9-18)24(2)29(26)27/h3-13,21H,14-15H2,1-2H3,(H,26,27)/p-1. The number of benzene rings is 2. The fraction of sp³-hybridized carbons (Fsp3) is 0.227. The molecule has 2 heterocycles. The molecule has 0 amide bonds. The Labute approximate surface area is 172 Å². The van der Waals surface area contributed by atoms with E-state index in [4.69, 9.17) is 9.52 Å². The van der Waals surface area contributed by atoms with Crippen molar-refractivity contribution >= 4 is 22.7 Å². The van der Waals surface area contributed by atoms with Crippen molar-refractivity contribution in [1.82, 2.24) is 5.01 Å². The quantitative estimate of drug-likeness (QED) is 0.574. The molecular formula is C22H22N3O3S-. The molecule has 2 atom stereocenters. The molecule has 6 nitrogen and oxygen atoms in total. The Hall–Kier alpha value is -2.90. The normalized spacial score (nSPS) is 17.3. The maximum absolute atomic E-state index is 11.1. The van der Waals surface area contributed by atoms with Gasteiger partial charge in [0.2, 0.25) is 0 Å². The lowest BCUT2D eigenvalue weighted by Crippen LogP contribution is -2.19. The smallest absolute Gasteiger partial charge is 0.128 e. The molecule has 0 saturated carbocycles. The monoisotopic (exact) mass is 408 g/mol. The van der Waals surface area contributed by atoms with E-state index >= 15 is 0 Å². The summed E-state index contributed by atoms with van der Waals surface area (Å²) >= 11 is -2.29.